The van der Waals surface area contributed by atoms with E-state index in [-0.39, 0.29) is 12.6 Å². The molecule has 2 N–H and O–H groups in total. The first-order valence-corrected chi connectivity index (χ1v) is 4.55. The Hall–Kier alpha value is -0.610. The van der Waals surface area contributed by atoms with Crippen molar-refractivity contribution in [1.82, 2.24) is 0 Å². The predicted octanol–water partition coefficient (Wildman–Crippen LogP) is 0.693. The van der Waals surface area contributed by atoms with Gasteiger partial charge in [-0.15, -0.1) is 0 Å². The topological polar surface area (TPSA) is 61.6 Å². The lowest BCUT2D eigenvalue weighted by atomic mass is 9.95. The summed E-state index contributed by atoms with van der Waals surface area (Å²) in [6.07, 6.45) is 1.19. The molecule has 78 valence electrons. The fourth-order valence-corrected chi connectivity index (χ4v) is 0.900. The summed E-state index contributed by atoms with van der Waals surface area (Å²) in [5.41, 5.74) is 4.98. The van der Waals surface area contributed by atoms with E-state index in [0.717, 1.165) is 0 Å². The maximum atomic E-state index is 11.4. The van der Waals surface area contributed by atoms with Crippen LogP contribution in [0.3, 0.4) is 0 Å². The van der Waals surface area contributed by atoms with Gasteiger partial charge in [0.2, 0.25) is 0 Å². The molecule has 0 atom stereocenters. The van der Waals surface area contributed by atoms with Crippen molar-refractivity contribution in [3.05, 3.63) is 0 Å². The maximum absolute atomic E-state index is 11.4. The minimum absolute atomic E-state index is 0.272. The number of carbonyl (C=O) groups is 1. The molecule has 0 aromatic rings. The Labute approximate surface area is 79.4 Å². The number of rotatable bonds is 6. The lowest BCUT2D eigenvalue weighted by Gasteiger charge is -2.23. The molecule has 0 fully saturated rings. The van der Waals surface area contributed by atoms with Crippen LogP contribution >= 0.6 is 0 Å². The van der Waals surface area contributed by atoms with Gasteiger partial charge >= 0.3 is 5.97 Å². The van der Waals surface area contributed by atoms with Gasteiger partial charge in [-0.05, 0) is 12.8 Å². The fourth-order valence-electron chi connectivity index (χ4n) is 0.900. The van der Waals surface area contributed by atoms with Gasteiger partial charge in [0, 0.05) is 7.11 Å². The standard InChI is InChI=1S/C9H19NO3/c1-4-9(10,5-2)8(11)13-7-6-12-3/h4-7,10H2,1-3H3. The molecule has 0 saturated heterocycles. The zero-order chi connectivity index (χ0) is 10.3. The lowest BCUT2D eigenvalue weighted by molar-refractivity contribution is -0.151. The average molecular weight is 189 g/mol. The van der Waals surface area contributed by atoms with Gasteiger partial charge in [0.1, 0.15) is 12.1 Å². The van der Waals surface area contributed by atoms with Crippen molar-refractivity contribution >= 4 is 5.97 Å². The van der Waals surface area contributed by atoms with Crippen molar-refractivity contribution in [3.8, 4) is 0 Å². The van der Waals surface area contributed by atoms with Gasteiger partial charge in [0.15, 0.2) is 0 Å². The minimum Gasteiger partial charge on any atom is -0.462 e. The van der Waals surface area contributed by atoms with Crippen molar-refractivity contribution in [2.24, 2.45) is 5.73 Å². The van der Waals surface area contributed by atoms with Crippen LogP contribution < -0.4 is 5.73 Å². The third-order valence-corrected chi connectivity index (χ3v) is 2.19. The fraction of sp³-hybridized carbons (Fsp3) is 0.889. The van der Waals surface area contributed by atoms with Crippen LogP contribution in [0.2, 0.25) is 0 Å². The van der Waals surface area contributed by atoms with Crippen LogP contribution in [0, 0.1) is 0 Å². The van der Waals surface area contributed by atoms with Crippen molar-refractivity contribution in [2.75, 3.05) is 20.3 Å². The van der Waals surface area contributed by atoms with Gasteiger partial charge in [-0.2, -0.15) is 0 Å². The largest absolute Gasteiger partial charge is 0.462 e. The average Bonchev–Trinajstić information content (AvgIpc) is 2.17. The highest BCUT2D eigenvalue weighted by Gasteiger charge is 2.31. The second kappa shape index (κ2) is 5.94. The van der Waals surface area contributed by atoms with Gasteiger partial charge in [0.25, 0.3) is 0 Å². The molecule has 0 spiro atoms. The third kappa shape index (κ3) is 3.74. The zero-order valence-corrected chi connectivity index (χ0v) is 8.63. The molecule has 0 rings (SSSR count). The Balaban J connectivity index is 3.92. The predicted molar refractivity (Wildman–Crippen MR) is 50.3 cm³/mol. The summed E-state index contributed by atoms with van der Waals surface area (Å²) < 4.78 is 9.69. The van der Waals surface area contributed by atoms with Gasteiger partial charge < -0.3 is 15.2 Å². The second-order valence-electron chi connectivity index (χ2n) is 2.99. The molecule has 0 bridgehead atoms. The summed E-state index contributed by atoms with van der Waals surface area (Å²) in [5, 5.41) is 0. The van der Waals surface area contributed by atoms with Crippen LogP contribution in [0.15, 0.2) is 0 Å². The monoisotopic (exact) mass is 189 g/mol. The second-order valence-corrected chi connectivity index (χ2v) is 2.99. The van der Waals surface area contributed by atoms with Crippen molar-refractivity contribution in [2.45, 2.75) is 32.2 Å². The molecular formula is C9H19NO3. The number of hydrogen-bond acceptors (Lipinski definition) is 4. The van der Waals surface area contributed by atoms with E-state index in [1.54, 1.807) is 7.11 Å². The Morgan fingerprint density at radius 2 is 1.85 bits per heavy atom. The van der Waals surface area contributed by atoms with Crippen LogP contribution in [0.25, 0.3) is 0 Å². The highest BCUT2D eigenvalue weighted by molar-refractivity contribution is 5.80. The number of methoxy groups -OCH3 is 1. The Bertz CT molecular complexity index is 155. The molecule has 0 amide bonds. The third-order valence-electron chi connectivity index (χ3n) is 2.19. The van der Waals surface area contributed by atoms with E-state index in [0.29, 0.717) is 19.4 Å². The number of esters is 1. The summed E-state index contributed by atoms with van der Waals surface area (Å²) >= 11 is 0. The van der Waals surface area contributed by atoms with E-state index >= 15 is 0 Å². The molecule has 0 aliphatic heterocycles. The van der Waals surface area contributed by atoms with Crippen molar-refractivity contribution in [1.29, 1.82) is 0 Å². The minimum atomic E-state index is -0.826. The highest BCUT2D eigenvalue weighted by atomic mass is 16.6. The number of nitrogens with two attached hydrogens (primary N) is 1. The van der Waals surface area contributed by atoms with Crippen molar-refractivity contribution < 1.29 is 14.3 Å². The van der Waals surface area contributed by atoms with Gasteiger partial charge in [-0.1, -0.05) is 13.8 Å². The first-order valence-electron chi connectivity index (χ1n) is 4.55. The molecule has 13 heavy (non-hydrogen) atoms. The first kappa shape index (κ1) is 12.4. The maximum Gasteiger partial charge on any atom is 0.326 e. The first-order chi connectivity index (χ1) is 6.10. The molecule has 0 aromatic heterocycles. The van der Waals surface area contributed by atoms with Crippen molar-refractivity contribution in [3.63, 3.8) is 0 Å². The van der Waals surface area contributed by atoms with E-state index < -0.39 is 5.54 Å². The molecule has 0 unspecified atom stereocenters. The molecule has 0 radical (unpaired) electrons. The van der Waals surface area contributed by atoms with Crippen LogP contribution in [0.5, 0.6) is 0 Å². The Morgan fingerprint density at radius 3 is 2.23 bits per heavy atom. The number of hydrogen-bond donors (Lipinski definition) is 1. The molecule has 4 heteroatoms. The Morgan fingerprint density at radius 1 is 1.31 bits per heavy atom. The van der Waals surface area contributed by atoms with E-state index in [2.05, 4.69) is 0 Å². The van der Waals surface area contributed by atoms with Crippen LogP contribution in [-0.2, 0) is 14.3 Å². The molecule has 0 aliphatic carbocycles. The summed E-state index contributed by atoms with van der Waals surface area (Å²) in [6.45, 7) is 4.44. The normalized spacial score (nSPS) is 11.4. The summed E-state index contributed by atoms with van der Waals surface area (Å²) in [5.74, 6) is -0.338. The van der Waals surface area contributed by atoms with Crippen LogP contribution in [-0.4, -0.2) is 31.8 Å². The lowest BCUT2D eigenvalue weighted by Crippen LogP contribution is -2.48. The van der Waals surface area contributed by atoms with Gasteiger partial charge in [-0.3, -0.25) is 4.79 Å². The van der Waals surface area contributed by atoms with E-state index in [1.165, 1.54) is 0 Å². The molecule has 0 aromatic carbocycles. The SMILES string of the molecule is CCC(N)(CC)C(=O)OCCOC. The van der Waals surface area contributed by atoms with Gasteiger partial charge in [0.05, 0.1) is 6.61 Å². The number of carbonyl (C=O) groups excluding carboxylic acids is 1. The summed E-state index contributed by atoms with van der Waals surface area (Å²) in [7, 11) is 1.56. The molecule has 4 nitrogen and oxygen atoms in total. The van der Waals surface area contributed by atoms with E-state index in [4.69, 9.17) is 15.2 Å². The number of ether oxygens (including phenoxy) is 2. The Kier molecular flexibility index (Phi) is 5.66. The molecular weight excluding hydrogens is 170 g/mol. The summed E-state index contributed by atoms with van der Waals surface area (Å²) in [6, 6.07) is 0. The zero-order valence-electron chi connectivity index (χ0n) is 8.63. The smallest absolute Gasteiger partial charge is 0.326 e. The molecule has 0 aliphatic rings. The van der Waals surface area contributed by atoms with E-state index in [1.807, 2.05) is 13.8 Å². The van der Waals surface area contributed by atoms with Crippen LogP contribution in [0.1, 0.15) is 26.7 Å². The van der Waals surface area contributed by atoms with E-state index in [9.17, 15) is 4.79 Å². The molecule has 0 heterocycles. The molecule has 0 saturated carbocycles. The van der Waals surface area contributed by atoms with Gasteiger partial charge in [-0.25, -0.2) is 0 Å². The summed E-state index contributed by atoms with van der Waals surface area (Å²) in [4.78, 5) is 11.4. The highest BCUT2D eigenvalue weighted by Crippen LogP contribution is 2.12. The quantitative estimate of drug-likeness (QED) is 0.493. The van der Waals surface area contributed by atoms with Crippen LogP contribution in [0.4, 0.5) is 0 Å².